The second-order valence-corrected chi connectivity index (χ2v) is 5.85. The van der Waals surface area contributed by atoms with Crippen molar-refractivity contribution in [3.8, 4) is 0 Å². The molecule has 0 aromatic rings. The highest BCUT2D eigenvalue weighted by Gasteiger charge is 2.30. The summed E-state index contributed by atoms with van der Waals surface area (Å²) in [6.07, 6.45) is 3.80. The van der Waals surface area contributed by atoms with Crippen LogP contribution in [0.3, 0.4) is 0 Å². The number of unbranched alkanes of at least 4 members (excludes halogenated alkanes) is 2. The van der Waals surface area contributed by atoms with E-state index in [1.54, 1.807) is 6.92 Å². The second-order valence-electron chi connectivity index (χ2n) is 3.97. The van der Waals surface area contributed by atoms with E-state index in [-0.39, 0.29) is 18.0 Å². The van der Waals surface area contributed by atoms with Crippen molar-refractivity contribution in [3.63, 3.8) is 0 Å². The molecule has 0 aliphatic carbocycles. The fourth-order valence-electron chi connectivity index (χ4n) is 1.11. The lowest BCUT2D eigenvalue weighted by atomic mass is 10.4. The van der Waals surface area contributed by atoms with E-state index in [1.165, 1.54) is 0 Å². The van der Waals surface area contributed by atoms with E-state index in [2.05, 4.69) is 6.92 Å². The number of esters is 1. The Morgan fingerprint density at radius 1 is 1.18 bits per heavy atom. The molecule has 0 N–H and O–H groups in total. The van der Waals surface area contributed by atoms with Crippen molar-refractivity contribution in [1.29, 1.82) is 0 Å². The predicted octanol–water partition coefficient (Wildman–Crippen LogP) is 3.32. The lowest BCUT2D eigenvalue weighted by Gasteiger charge is -2.04. The van der Waals surface area contributed by atoms with Crippen LogP contribution in [0.5, 0.6) is 0 Å². The zero-order valence-corrected chi connectivity index (χ0v) is 12.0. The van der Waals surface area contributed by atoms with Crippen LogP contribution in [0.4, 0.5) is 0 Å². The van der Waals surface area contributed by atoms with Crippen molar-refractivity contribution in [2.24, 2.45) is 0 Å². The number of ether oxygens (including phenoxy) is 2. The summed E-state index contributed by atoms with van der Waals surface area (Å²) >= 11 is 0. The minimum absolute atomic E-state index is 0.0354. The van der Waals surface area contributed by atoms with Crippen molar-refractivity contribution in [3.05, 3.63) is 0 Å². The highest BCUT2D eigenvalue weighted by atomic mass is 31.1. The molecule has 0 spiro atoms. The van der Waals surface area contributed by atoms with Gasteiger partial charge in [-0.3, -0.25) is 0 Å². The molecule has 0 aromatic heterocycles. The van der Waals surface area contributed by atoms with Gasteiger partial charge >= 0.3 is 13.8 Å². The first-order valence-electron chi connectivity index (χ1n) is 6.32. The van der Waals surface area contributed by atoms with Crippen molar-refractivity contribution in [1.82, 2.24) is 0 Å². The largest absolute Gasteiger partial charge is 0.463 e. The average molecular weight is 263 g/mol. The molecule has 0 heterocycles. The van der Waals surface area contributed by atoms with E-state index in [0.717, 1.165) is 25.7 Å². The van der Waals surface area contributed by atoms with Gasteiger partial charge in [0.2, 0.25) is 6.16 Å². The smallest absolute Gasteiger partial charge is 0.381 e. The first-order chi connectivity index (χ1) is 8.11. The highest BCUT2D eigenvalue weighted by molar-refractivity contribution is 7.46. The van der Waals surface area contributed by atoms with Gasteiger partial charge in [-0.2, -0.15) is 0 Å². The summed E-state index contributed by atoms with van der Waals surface area (Å²) in [7, 11) is -1.67. The molecule has 0 saturated carbocycles. The Hall–Kier alpha value is -0.470. The van der Waals surface area contributed by atoms with Crippen LogP contribution in [-0.2, 0) is 18.8 Å². The Kier molecular flexibility index (Phi) is 10.4. The van der Waals surface area contributed by atoms with Gasteiger partial charge < -0.3 is 9.47 Å². The van der Waals surface area contributed by atoms with E-state index in [9.17, 15) is 9.36 Å². The summed E-state index contributed by atoms with van der Waals surface area (Å²) in [4.78, 5) is 11.3. The zero-order chi connectivity index (χ0) is 13.1. The van der Waals surface area contributed by atoms with Crippen LogP contribution >= 0.6 is 7.80 Å². The van der Waals surface area contributed by atoms with Crippen LogP contribution in [0.1, 0.15) is 46.5 Å². The Morgan fingerprint density at radius 3 is 2.35 bits per heavy atom. The molecule has 0 fully saturated rings. The summed E-state index contributed by atoms with van der Waals surface area (Å²) < 4.78 is 22.0. The topological polar surface area (TPSA) is 52.6 Å². The lowest BCUT2D eigenvalue weighted by molar-refractivity contribution is -0.140. The summed E-state index contributed by atoms with van der Waals surface area (Å²) in [6.45, 7) is 6.86. The second kappa shape index (κ2) is 10.7. The quantitative estimate of drug-likeness (QED) is 0.344. The van der Waals surface area contributed by atoms with Crippen molar-refractivity contribution in [2.75, 3.05) is 19.4 Å². The summed E-state index contributed by atoms with van der Waals surface area (Å²) in [5, 5.41) is 0. The van der Waals surface area contributed by atoms with Crippen molar-refractivity contribution in [2.45, 2.75) is 52.3 Å². The molecule has 2 unspecified atom stereocenters. The molecule has 100 valence electrons. The summed E-state index contributed by atoms with van der Waals surface area (Å²) in [6, 6.07) is 0. The highest BCUT2D eigenvalue weighted by Crippen LogP contribution is 2.28. The summed E-state index contributed by atoms with van der Waals surface area (Å²) in [5.74, 6) is -0.749. The fourth-order valence-corrected chi connectivity index (χ4v) is 1.99. The minimum Gasteiger partial charge on any atom is -0.463 e. The third kappa shape index (κ3) is 9.25. The van der Waals surface area contributed by atoms with E-state index in [0.29, 0.717) is 13.2 Å². The van der Waals surface area contributed by atoms with Gasteiger partial charge in [0, 0.05) is 6.92 Å². The van der Waals surface area contributed by atoms with Gasteiger partial charge in [-0.1, -0.05) is 31.3 Å². The molecular weight excluding hydrogens is 239 g/mol. The number of hydrogen-bond acceptors (Lipinski definition) is 4. The first-order valence-corrected chi connectivity index (χ1v) is 7.84. The molecule has 17 heavy (non-hydrogen) atoms. The van der Waals surface area contributed by atoms with Gasteiger partial charge in [0.1, 0.15) is 0 Å². The molecule has 2 atom stereocenters. The van der Waals surface area contributed by atoms with Gasteiger partial charge in [0.25, 0.3) is 5.85 Å². The van der Waals surface area contributed by atoms with Crippen LogP contribution in [0, 0.1) is 0 Å². The normalized spacial score (nSPS) is 13.2. The third-order valence-electron chi connectivity index (χ3n) is 2.31. The molecule has 0 radical (unpaired) electrons. The van der Waals surface area contributed by atoms with Crippen LogP contribution in [0.15, 0.2) is 0 Å². The van der Waals surface area contributed by atoms with E-state index in [1.807, 2.05) is 6.92 Å². The maximum atomic E-state index is 11.7. The molecule has 0 saturated heterocycles. The molecule has 0 aliphatic rings. The molecule has 0 aromatic carbocycles. The zero-order valence-electron chi connectivity index (χ0n) is 11.1. The molecular formula is C12H24O4P+. The Labute approximate surface area is 105 Å². The van der Waals surface area contributed by atoms with Gasteiger partial charge in [-0.05, 0) is 12.8 Å². The SMILES string of the molecule is CCCCOC(=O)C[P+](=O)C(C)OCCCC. The van der Waals surface area contributed by atoms with Crippen molar-refractivity contribution < 1.29 is 18.8 Å². The fraction of sp³-hybridized carbons (Fsp3) is 0.917. The Bertz CT molecular complexity index is 231. The maximum Gasteiger partial charge on any atom is 0.381 e. The molecule has 4 nitrogen and oxygen atoms in total. The Balaban J connectivity index is 3.71. The standard InChI is InChI=1S/C12H24O4P/c1-4-6-8-15-11(3)17(14)10-12(13)16-9-7-5-2/h11H,4-10H2,1-3H3/q+1. The van der Waals surface area contributed by atoms with E-state index < -0.39 is 7.80 Å². The monoisotopic (exact) mass is 263 g/mol. The number of rotatable bonds is 10. The van der Waals surface area contributed by atoms with Crippen LogP contribution in [0.25, 0.3) is 0 Å². The van der Waals surface area contributed by atoms with Gasteiger partial charge in [0.15, 0.2) is 0 Å². The van der Waals surface area contributed by atoms with Gasteiger partial charge in [-0.15, -0.1) is 0 Å². The minimum atomic E-state index is -1.67. The first kappa shape index (κ1) is 16.5. The van der Waals surface area contributed by atoms with Gasteiger partial charge in [0.05, 0.1) is 13.2 Å². The molecule has 5 heteroatoms. The number of carbonyl (C=O) groups excluding carboxylic acids is 1. The summed E-state index contributed by atoms with van der Waals surface area (Å²) in [5.41, 5.74) is 0. The molecule has 0 rings (SSSR count). The Morgan fingerprint density at radius 2 is 1.76 bits per heavy atom. The molecule has 0 aliphatic heterocycles. The lowest BCUT2D eigenvalue weighted by Crippen LogP contribution is -2.13. The van der Waals surface area contributed by atoms with Crippen LogP contribution in [0.2, 0.25) is 0 Å². The van der Waals surface area contributed by atoms with E-state index >= 15 is 0 Å². The van der Waals surface area contributed by atoms with Crippen LogP contribution < -0.4 is 0 Å². The average Bonchev–Trinajstić information content (AvgIpc) is 2.29. The van der Waals surface area contributed by atoms with Gasteiger partial charge in [-0.25, -0.2) is 4.79 Å². The number of hydrogen-bond donors (Lipinski definition) is 0. The molecule has 0 bridgehead atoms. The molecule has 0 amide bonds. The van der Waals surface area contributed by atoms with E-state index in [4.69, 9.17) is 9.47 Å². The van der Waals surface area contributed by atoms with Crippen molar-refractivity contribution >= 4 is 13.8 Å². The van der Waals surface area contributed by atoms with Crippen LogP contribution in [-0.4, -0.2) is 31.2 Å². The maximum absolute atomic E-state index is 11.7. The third-order valence-corrected chi connectivity index (χ3v) is 3.84. The predicted molar refractivity (Wildman–Crippen MR) is 68.7 cm³/mol. The number of carbonyl (C=O) groups is 1.